The molecule has 0 N–H and O–H groups in total. The van der Waals surface area contributed by atoms with Crippen LogP contribution in [0, 0.1) is 0 Å². The molecule has 4 aromatic carbocycles. The Morgan fingerprint density at radius 3 is 1.60 bits per heavy atom. The number of nitrogens with zero attached hydrogens (tertiary/aromatic N) is 4. The number of hydrogen-bond donors (Lipinski definition) is 0. The van der Waals surface area contributed by atoms with Gasteiger partial charge in [0.2, 0.25) is 0 Å². The fourth-order valence-corrected chi connectivity index (χ4v) is 6.08. The van der Waals surface area contributed by atoms with Crippen LogP contribution in [0.1, 0.15) is 107 Å². The van der Waals surface area contributed by atoms with Gasteiger partial charge < -0.3 is 4.84 Å². The second-order valence-electron chi connectivity index (χ2n) is 13.0. The number of aromatic nitrogens is 2. The summed E-state index contributed by atoms with van der Waals surface area (Å²) in [4.78, 5) is 5.79. The normalized spacial score (nSPS) is 11.9. The van der Waals surface area contributed by atoms with Crippen LogP contribution in [0.2, 0.25) is 0 Å². The third-order valence-corrected chi connectivity index (χ3v) is 8.37. The Balaban J connectivity index is 1.88. The lowest BCUT2D eigenvalue weighted by atomic mass is 9.92. The zero-order valence-electron chi connectivity index (χ0n) is 28.0. The molecule has 0 radical (unpaired) electrons. The minimum Gasteiger partial charge on any atom is -0.374 e. The fourth-order valence-electron chi connectivity index (χ4n) is 6.08. The zero-order valence-corrected chi connectivity index (χ0v) is 28.0. The zero-order chi connectivity index (χ0) is 32.1. The van der Waals surface area contributed by atoms with Gasteiger partial charge in [0.1, 0.15) is 18.0 Å². The highest BCUT2D eigenvalue weighted by molar-refractivity contribution is 5.65. The van der Waals surface area contributed by atoms with E-state index in [0.717, 1.165) is 22.6 Å². The van der Waals surface area contributed by atoms with Gasteiger partial charge in [-0.05, 0) is 41.4 Å². The highest BCUT2D eigenvalue weighted by atomic mass is 16.6. The first-order valence-electron chi connectivity index (χ1n) is 16.2. The summed E-state index contributed by atoms with van der Waals surface area (Å²) in [5.41, 5.74) is 9.64. The Bertz CT molecular complexity index is 1700. The van der Waals surface area contributed by atoms with E-state index in [0.29, 0.717) is 36.1 Å². The lowest BCUT2D eigenvalue weighted by Gasteiger charge is -2.20. The van der Waals surface area contributed by atoms with Gasteiger partial charge in [-0.1, -0.05) is 145 Å². The Morgan fingerprint density at radius 1 is 0.600 bits per heavy atom. The predicted molar refractivity (Wildman–Crippen MR) is 185 cm³/mol. The van der Waals surface area contributed by atoms with E-state index in [9.17, 15) is 0 Å². The molecule has 1 heterocycles. The molecule has 0 bridgehead atoms. The van der Waals surface area contributed by atoms with Crippen LogP contribution in [0.5, 0.6) is 0 Å². The Morgan fingerprint density at radius 2 is 1.09 bits per heavy atom. The third kappa shape index (κ3) is 6.78. The second kappa shape index (κ2) is 14.1. The van der Waals surface area contributed by atoms with Crippen molar-refractivity contribution in [1.82, 2.24) is 4.57 Å². The highest BCUT2D eigenvalue weighted by Crippen LogP contribution is 2.39. The molecule has 5 aromatic rings. The topological polar surface area (TPSA) is 42.8 Å². The number of para-hydroxylation sites is 2. The van der Waals surface area contributed by atoms with E-state index < -0.39 is 0 Å². The van der Waals surface area contributed by atoms with Gasteiger partial charge >= 0.3 is 5.82 Å². The summed E-state index contributed by atoms with van der Waals surface area (Å²) in [6.07, 6.45) is 2.14. The molecule has 0 unspecified atom stereocenters. The van der Waals surface area contributed by atoms with Crippen molar-refractivity contribution in [2.75, 3.05) is 0 Å². The monoisotopic (exact) mass is 599 g/mol. The van der Waals surface area contributed by atoms with Crippen LogP contribution in [0.25, 0.3) is 22.8 Å². The van der Waals surface area contributed by atoms with Crippen molar-refractivity contribution in [3.8, 4) is 22.8 Å². The summed E-state index contributed by atoms with van der Waals surface area (Å²) in [6, 6.07) is 34.1. The summed E-state index contributed by atoms with van der Waals surface area (Å²) in [6.45, 7) is 18.5. The first-order chi connectivity index (χ1) is 21.7. The maximum absolute atomic E-state index is 5.79. The molecular weight excluding hydrogens is 552 g/mol. The quantitative estimate of drug-likeness (QED) is 0.0846. The van der Waals surface area contributed by atoms with Gasteiger partial charge in [-0.3, -0.25) is 0 Å². The molecule has 45 heavy (non-hydrogen) atoms. The smallest absolute Gasteiger partial charge is 0.301 e. The van der Waals surface area contributed by atoms with Crippen LogP contribution in [0.4, 0.5) is 5.82 Å². The third-order valence-electron chi connectivity index (χ3n) is 8.37. The SMILES string of the molecule is CC(C)c1cccc(C(C)C)c1-n1c(/N=N\OCc2ccccc2)c[n+](-c2c(C(C)C)cccc2C(C)C)c1-c1ccccc1. The van der Waals surface area contributed by atoms with Crippen LogP contribution in [-0.4, -0.2) is 4.57 Å². The summed E-state index contributed by atoms with van der Waals surface area (Å²) in [5.74, 6) is 3.00. The highest BCUT2D eigenvalue weighted by Gasteiger charge is 2.34. The average Bonchev–Trinajstić information content (AvgIpc) is 3.41. The molecule has 0 fully saturated rings. The van der Waals surface area contributed by atoms with Crippen molar-refractivity contribution in [3.05, 3.63) is 131 Å². The van der Waals surface area contributed by atoms with Crippen LogP contribution in [0.3, 0.4) is 0 Å². The molecule has 0 atom stereocenters. The minimum absolute atomic E-state index is 0.298. The van der Waals surface area contributed by atoms with Crippen molar-refractivity contribution in [2.24, 2.45) is 10.4 Å². The lowest BCUT2D eigenvalue weighted by Crippen LogP contribution is -2.35. The van der Waals surface area contributed by atoms with Crippen LogP contribution >= 0.6 is 0 Å². The summed E-state index contributed by atoms with van der Waals surface area (Å²) in [7, 11) is 0. The fraction of sp³-hybridized carbons (Fsp3) is 0.325. The first kappa shape index (κ1) is 31.9. The van der Waals surface area contributed by atoms with E-state index in [4.69, 9.17) is 9.95 Å². The van der Waals surface area contributed by atoms with Gasteiger partial charge in [0, 0.05) is 27.5 Å². The van der Waals surface area contributed by atoms with E-state index in [1.807, 2.05) is 30.3 Å². The Labute approximate surface area is 269 Å². The number of benzene rings is 4. The molecule has 5 heteroatoms. The molecule has 5 nitrogen and oxygen atoms in total. The van der Waals surface area contributed by atoms with Crippen molar-refractivity contribution in [2.45, 2.75) is 85.7 Å². The molecule has 0 aliphatic rings. The van der Waals surface area contributed by atoms with E-state index in [1.165, 1.54) is 27.9 Å². The van der Waals surface area contributed by atoms with Gasteiger partial charge in [0.25, 0.3) is 5.82 Å². The molecule has 0 saturated carbocycles. The van der Waals surface area contributed by atoms with Gasteiger partial charge in [-0.2, -0.15) is 9.13 Å². The van der Waals surface area contributed by atoms with E-state index in [1.54, 1.807) is 0 Å². The standard InChI is InChI=1S/C40H47N4O/c1-27(2)33-21-15-22-34(28(3)4)38(33)43-25-37(41-42-45-26-31-17-11-9-12-18-31)44(40(43)32-19-13-10-14-20-32)39-35(29(5)6)23-16-24-36(39)30(7)8/h9-25,27-30H,26H2,1-8H3/q+1/b42-41-. The van der Waals surface area contributed by atoms with Crippen LogP contribution < -0.4 is 4.57 Å². The van der Waals surface area contributed by atoms with Crippen LogP contribution in [-0.2, 0) is 11.4 Å². The molecule has 0 aliphatic carbocycles. The van der Waals surface area contributed by atoms with E-state index in [-0.39, 0.29) is 0 Å². The molecule has 0 saturated heterocycles. The summed E-state index contributed by atoms with van der Waals surface area (Å²) >= 11 is 0. The second-order valence-corrected chi connectivity index (χ2v) is 13.0. The lowest BCUT2D eigenvalue weighted by molar-refractivity contribution is -0.583. The van der Waals surface area contributed by atoms with Gasteiger partial charge in [0.15, 0.2) is 6.20 Å². The average molecular weight is 600 g/mol. The molecular formula is C40H47N4O+. The van der Waals surface area contributed by atoms with Gasteiger partial charge in [-0.25, -0.2) is 0 Å². The maximum Gasteiger partial charge on any atom is 0.301 e. The number of hydrogen-bond acceptors (Lipinski definition) is 3. The van der Waals surface area contributed by atoms with Crippen molar-refractivity contribution in [1.29, 1.82) is 0 Å². The first-order valence-corrected chi connectivity index (χ1v) is 16.2. The summed E-state index contributed by atoms with van der Waals surface area (Å²) < 4.78 is 4.67. The molecule has 1 aromatic heterocycles. The number of imidazole rings is 1. The maximum atomic E-state index is 5.79. The van der Waals surface area contributed by atoms with E-state index in [2.05, 4.69) is 143 Å². The molecule has 0 aliphatic heterocycles. The van der Waals surface area contributed by atoms with Crippen molar-refractivity contribution < 1.29 is 9.40 Å². The molecule has 0 spiro atoms. The largest absolute Gasteiger partial charge is 0.374 e. The van der Waals surface area contributed by atoms with Crippen molar-refractivity contribution in [3.63, 3.8) is 0 Å². The minimum atomic E-state index is 0.298. The predicted octanol–water partition coefficient (Wildman–Crippen LogP) is 11.1. The van der Waals surface area contributed by atoms with Crippen LogP contribution in [0.15, 0.2) is 114 Å². The molecule has 0 amide bonds. The summed E-state index contributed by atoms with van der Waals surface area (Å²) in [5, 5.41) is 9.14. The van der Waals surface area contributed by atoms with E-state index >= 15 is 0 Å². The Kier molecular flexibility index (Phi) is 9.97. The Hall–Kier alpha value is -4.51. The molecule has 232 valence electrons. The number of rotatable bonds is 11. The molecule has 5 rings (SSSR count). The van der Waals surface area contributed by atoms with Gasteiger partial charge in [-0.15, -0.1) is 0 Å². The van der Waals surface area contributed by atoms with Gasteiger partial charge in [0.05, 0.1) is 5.56 Å². The van der Waals surface area contributed by atoms with Crippen molar-refractivity contribution >= 4 is 5.82 Å².